The van der Waals surface area contributed by atoms with Crippen molar-refractivity contribution in [3.8, 4) is 0 Å². The summed E-state index contributed by atoms with van der Waals surface area (Å²) in [6, 6.07) is -1.56. The molecule has 2 atom stereocenters. The maximum absolute atomic E-state index is 11.6. The third-order valence-electron chi connectivity index (χ3n) is 3.09. The Hall–Kier alpha value is -2.12. The van der Waals surface area contributed by atoms with Crippen LogP contribution in [0.3, 0.4) is 0 Å². The van der Waals surface area contributed by atoms with Crippen LogP contribution in [0.4, 0.5) is 4.79 Å². The molecule has 3 N–H and O–H groups in total. The SMILES string of the molecule is CC(CCCC(=O)O)NC(=O)NC1CC(=O)N(C)C1=O. The van der Waals surface area contributed by atoms with Gasteiger partial charge < -0.3 is 15.7 Å². The van der Waals surface area contributed by atoms with Crippen molar-refractivity contribution in [3.63, 3.8) is 0 Å². The first-order valence-corrected chi connectivity index (χ1v) is 6.40. The molecule has 0 radical (unpaired) electrons. The van der Waals surface area contributed by atoms with Crippen LogP contribution < -0.4 is 10.6 Å². The fourth-order valence-electron chi connectivity index (χ4n) is 1.92. The number of hydrogen-bond acceptors (Lipinski definition) is 4. The van der Waals surface area contributed by atoms with Gasteiger partial charge in [-0.25, -0.2) is 4.79 Å². The normalized spacial score (nSPS) is 19.9. The first-order valence-electron chi connectivity index (χ1n) is 6.40. The second kappa shape index (κ2) is 6.88. The lowest BCUT2D eigenvalue weighted by Gasteiger charge is -2.16. The molecule has 4 amide bonds. The molecule has 0 aromatic heterocycles. The van der Waals surface area contributed by atoms with Crippen LogP contribution in [0.15, 0.2) is 0 Å². The number of nitrogens with zero attached hydrogens (tertiary/aromatic N) is 1. The largest absolute Gasteiger partial charge is 0.481 e. The van der Waals surface area contributed by atoms with Crippen LogP contribution in [-0.4, -0.2) is 53.0 Å². The van der Waals surface area contributed by atoms with Gasteiger partial charge in [0.1, 0.15) is 6.04 Å². The number of aliphatic carboxylic acids is 1. The number of rotatable bonds is 6. The standard InChI is InChI=1S/C12H19N3O5/c1-7(4-3-5-10(17)18)13-12(20)14-8-6-9(16)15(2)11(8)19/h7-8H,3-6H2,1-2H3,(H,17,18)(H2,13,14,20). The molecule has 20 heavy (non-hydrogen) atoms. The highest BCUT2D eigenvalue weighted by molar-refractivity contribution is 6.06. The van der Waals surface area contributed by atoms with Crippen LogP contribution in [0.2, 0.25) is 0 Å². The van der Waals surface area contributed by atoms with Crippen molar-refractivity contribution in [3.05, 3.63) is 0 Å². The van der Waals surface area contributed by atoms with Crippen LogP contribution in [-0.2, 0) is 14.4 Å². The van der Waals surface area contributed by atoms with Gasteiger partial charge in [-0.05, 0) is 19.8 Å². The molecule has 0 aromatic carbocycles. The zero-order valence-corrected chi connectivity index (χ0v) is 11.5. The molecule has 0 aliphatic carbocycles. The van der Waals surface area contributed by atoms with Gasteiger partial charge in [0.15, 0.2) is 0 Å². The number of carbonyl (C=O) groups excluding carboxylic acids is 3. The number of carboxylic acids is 1. The van der Waals surface area contributed by atoms with Crippen LogP contribution >= 0.6 is 0 Å². The van der Waals surface area contributed by atoms with E-state index in [1.807, 2.05) is 0 Å². The van der Waals surface area contributed by atoms with Crippen molar-refractivity contribution in [2.24, 2.45) is 0 Å². The fourth-order valence-corrected chi connectivity index (χ4v) is 1.92. The minimum Gasteiger partial charge on any atom is -0.481 e. The smallest absolute Gasteiger partial charge is 0.315 e. The topological polar surface area (TPSA) is 116 Å². The lowest BCUT2D eigenvalue weighted by molar-refractivity contribution is -0.138. The van der Waals surface area contributed by atoms with Crippen molar-refractivity contribution in [1.29, 1.82) is 0 Å². The van der Waals surface area contributed by atoms with E-state index in [4.69, 9.17) is 5.11 Å². The van der Waals surface area contributed by atoms with E-state index in [0.717, 1.165) is 4.90 Å². The molecule has 1 rings (SSSR count). The van der Waals surface area contributed by atoms with Gasteiger partial charge in [-0.2, -0.15) is 0 Å². The van der Waals surface area contributed by atoms with E-state index in [1.165, 1.54) is 7.05 Å². The van der Waals surface area contributed by atoms with Crippen LogP contribution in [0.5, 0.6) is 0 Å². The van der Waals surface area contributed by atoms with E-state index < -0.39 is 23.9 Å². The average molecular weight is 285 g/mol. The number of nitrogens with one attached hydrogen (secondary N) is 2. The summed E-state index contributed by atoms with van der Waals surface area (Å²) in [7, 11) is 1.37. The number of hydrogen-bond donors (Lipinski definition) is 3. The highest BCUT2D eigenvalue weighted by atomic mass is 16.4. The van der Waals surface area contributed by atoms with E-state index in [1.54, 1.807) is 6.92 Å². The van der Waals surface area contributed by atoms with Gasteiger partial charge in [0.05, 0.1) is 6.42 Å². The third kappa shape index (κ3) is 4.52. The summed E-state index contributed by atoms with van der Waals surface area (Å²) in [5.74, 6) is -1.63. The van der Waals surface area contributed by atoms with Crippen LogP contribution in [0, 0.1) is 0 Å². The summed E-state index contributed by atoms with van der Waals surface area (Å²) < 4.78 is 0. The molecule has 1 fully saturated rings. The molecule has 1 aliphatic heterocycles. The summed E-state index contributed by atoms with van der Waals surface area (Å²) in [6.45, 7) is 1.75. The van der Waals surface area contributed by atoms with Gasteiger partial charge in [0.2, 0.25) is 5.91 Å². The number of carboxylic acid groups (broad SMARTS) is 1. The number of amides is 4. The first kappa shape index (κ1) is 15.9. The van der Waals surface area contributed by atoms with E-state index in [0.29, 0.717) is 12.8 Å². The Balaban J connectivity index is 2.31. The Kier molecular flexibility index (Phi) is 5.48. The molecule has 8 heteroatoms. The lowest BCUT2D eigenvalue weighted by Crippen LogP contribution is -2.48. The average Bonchev–Trinajstić information content (AvgIpc) is 2.56. The number of carbonyl (C=O) groups is 4. The lowest BCUT2D eigenvalue weighted by atomic mass is 10.1. The Morgan fingerprint density at radius 3 is 2.60 bits per heavy atom. The minimum absolute atomic E-state index is 0.0316. The van der Waals surface area contributed by atoms with Gasteiger partial charge in [-0.1, -0.05) is 0 Å². The molecule has 1 saturated heterocycles. The molecule has 0 aromatic rings. The quantitative estimate of drug-likeness (QED) is 0.579. The molecule has 0 saturated carbocycles. The summed E-state index contributed by atoms with van der Waals surface area (Å²) in [6.07, 6.45) is 1.00. The van der Waals surface area contributed by atoms with E-state index in [-0.39, 0.29) is 24.8 Å². The second-order valence-corrected chi connectivity index (χ2v) is 4.85. The van der Waals surface area contributed by atoms with Gasteiger partial charge in [-0.15, -0.1) is 0 Å². The van der Waals surface area contributed by atoms with Crippen molar-refractivity contribution >= 4 is 23.8 Å². The van der Waals surface area contributed by atoms with E-state index >= 15 is 0 Å². The minimum atomic E-state index is -0.875. The zero-order chi connectivity index (χ0) is 15.3. The molecule has 8 nitrogen and oxygen atoms in total. The molecule has 112 valence electrons. The molecule has 2 unspecified atom stereocenters. The fraction of sp³-hybridized carbons (Fsp3) is 0.667. The zero-order valence-electron chi connectivity index (χ0n) is 11.5. The predicted molar refractivity (Wildman–Crippen MR) is 68.8 cm³/mol. The number of imide groups is 1. The Labute approximate surface area is 116 Å². The monoisotopic (exact) mass is 285 g/mol. The van der Waals surface area contributed by atoms with Crippen LogP contribution in [0.1, 0.15) is 32.6 Å². The summed E-state index contributed by atoms with van der Waals surface area (Å²) in [4.78, 5) is 45.9. The molecule has 0 bridgehead atoms. The summed E-state index contributed by atoms with van der Waals surface area (Å²) in [5, 5.41) is 13.5. The van der Waals surface area contributed by atoms with Crippen molar-refractivity contribution in [2.75, 3.05) is 7.05 Å². The van der Waals surface area contributed by atoms with E-state index in [9.17, 15) is 19.2 Å². The molecule has 0 spiro atoms. The second-order valence-electron chi connectivity index (χ2n) is 4.85. The number of urea groups is 1. The molecule has 1 heterocycles. The maximum atomic E-state index is 11.6. The third-order valence-corrected chi connectivity index (χ3v) is 3.09. The number of likely N-dealkylation sites (N-methyl/N-ethyl adjacent to an activating group) is 1. The maximum Gasteiger partial charge on any atom is 0.315 e. The van der Waals surface area contributed by atoms with Gasteiger partial charge >= 0.3 is 12.0 Å². The Morgan fingerprint density at radius 1 is 1.45 bits per heavy atom. The highest BCUT2D eigenvalue weighted by Gasteiger charge is 2.36. The van der Waals surface area contributed by atoms with Gasteiger partial charge in [-0.3, -0.25) is 19.3 Å². The predicted octanol–water partition coefficient (Wildman–Crippen LogP) is -0.314. The van der Waals surface area contributed by atoms with Crippen molar-refractivity contribution in [1.82, 2.24) is 15.5 Å². The molecular weight excluding hydrogens is 266 g/mol. The van der Waals surface area contributed by atoms with Gasteiger partial charge in [0.25, 0.3) is 5.91 Å². The first-order chi connectivity index (χ1) is 9.31. The summed E-state index contributed by atoms with van der Waals surface area (Å²) in [5.41, 5.74) is 0. The Morgan fingerprint density at radius 2 is 2.10 bits per heavy atom. The molecule has 1 aliphatic rings. The van der Waals surface area contributed by atoms with Crippen molar-refractivity contribution in [2.45, 2.75) is 44.7 Å². The van der Waals surface area contributed by atoms with Gasteiger partial charge in [0, 0.05) is 19.5 Å². The highest BCUT2D eigenvalue weighted by Crippen LogP contribution is 2.10. The Bertz CT molecular complexity index is 423. The van der Waals surface area contributed by atoms with E-state index in [2.05, 4.69) is 10.6 Å². The van der Waals surface area contributed by atoms with Crippen molar-refractivity contribution < 1.29 is 24.3 Å². The number of likely N-dealkylation sites (tertiary alicyclic amines) is 1. The molecular formula is C12H19N3O5. The summed E-state index contributed by atoms with van der Waals surface area (Å²) >= 11 is 0. The van der Waals surface area contributed by atoms with Crippen LogP contribution in [0.25, 0.3) is 0 Å².